The molecule has 0 N–H and O–H groups in total. The minimum Gasteiger partial charge on any atom is -0.482 e. The van der Waals surface area contributed by atoms with Gasteiger partial charge >= 0.3 is 41.8 Å². The van der Waals surface area contributed by atoms with Crippen LogP contribution in [0, 0.1) is 47.3 Å². The van der Waals surface area contributed by atoms with Crippen molar-refractivity contribution in [1.29, 1.82) is 0 Å². The lowest BCUT2D eigenvalue weighted by atomic mass is 9.73. The number of rotatable bonds is 24. The van der Waals surface area contributed by atoms with E-state index in [1.807, 2.05) is 12.1 Å². The normalized spacial score (nSPS) is 26.8. The van der Waals surface area contributed by atoms with Gasteiger partial charge in [-0.3, -0.25) is 33.6 Å². The number of benzene rings is 1. The van der Waals surface area contributed by atoms with E-state index in [1.165, 1.54) is 32.9 Å². The van der Waals surface area contributed by atoms with E-state index in [-0.39, 0.29) is 0 Å². The highest BCUT2D eigenvalue weighted by atomic mass is 28.3. The molecule has 4 aliphatic rings. The molecule has 21 heteroatoms. The first-order valence-electron chi connectivity index (χ1n) is 25.1. The Labute approximate surface area is 429 Å². The first kappa shape index (κ1) is 60.6. The zero-order valence-corrected chi connectivity index (χ0v) is 46.5. The van der Waals surface area contributed by atoms with Crippen LogP contribution in [0.1, 0.15) is 96.9 Å². The first-order chi connectivity index (χ1) is 33.8. The van der Waals surface area contributed by atoms with Crippen molar-refractivity contribution in [3.8, 4) is 5.75 Å². The molecular weight excluding hydrogens is 973 g/mol. The molecule has 4 saturated heterocycles. The Bertz CT molecular complexity index is 2130. The Kier molecular flexibility index (Phi) is 20.8. The van der Waals surface area contributed by atoms with Crippen LogP contribution in [0.5, 0.6) is 5.75 Å². The summed E-state index contributed by atoms with van der Waals surface area (Å²) < 4.78 is 73.5. The third-order valence-electron chi connectivity index (χ3n) is 12.2. The summed E-state index contributed by atoms with van der Waals surface area (Å²) in [5.41, 5.74) is 0. The van der Waals surface area contributed by atoms with Gasteiger partial charge in [0.1, 0.15) is 37.8 Å². The molecule has 4 fully saturated rings. The molecule has 0 amide bonds. The highest BCUT2D eigenvalue weighted by Gasteiger charge is 2.77. The van der Waals surface area contributed by atoms with Crippen molar-refractivity contribution in [3.05, 3.63) is 24.3 Å². The maximum Gasteiger partial charge on any atom is 0.344 e. The summed E-state index contributed by atoms with van der Waals surface area (Å²) in [6, 6.07) is 7.40. The number of Topliss-reactive ketones (excluding diaryl/α,β-unsaturated/α-hetero) is 1. The lowest BCUT2D eigenvalue weighted by Crippen LogP contribution is -2.84. The number of hydrogen-bond donors (Lipinski definition) is 0. The van der Waals surface area contributed by atoms with E-state index in [0.717, 1.165) is 0 Å². The fraction of sp³-hybridized carbons (Fsp3) is 0.731. The fourth-order valence-corrected chi connectivity index (χ4v) is 8.78. The minimum atomic E-state index is -2.63. The van der Waals surface area contributed by atoms with Crippen LogP contribution in [0.3, 0.4) is 0 Å². The maximum absolute atomic E-state index is 14.6. The third kappa shape index (κ3) is 14.9. The minimum absolute atomic E-state index is 0.421. The zero-order valence-electron chi connectivity index (χ0n) is 45.5. The SMILES string of the molecule is CC(C)C(=O)OCC1O[C@H](O[C@]2(COC(=O)C(C)C)OC3(C(=O)C(C)C)OC(C2OC(=O)C(C)C)[C@H]3COC(=O)COc2ccc([Si](C)(C)C)cc2)C(OC(=O)C(C)C)C(OC(=O)C(C)C)[C@@H]1OC(=O)C(C)C. The number of esters is 7. The molecule has 5 rings (SSSR count). The van der Waals surface area contributed by atoms with Crippen molar-refractivity contribution in [3.63, 3.8) is 0 Å². The summed E-state index contributed by atoms with van der Waals surface area (Å²) in [4.78, 5) is 109. The van der Waals surface area contributed by atoms with Crippen molar-refractivity contribution in [2.24, 2.45) is 47.3 Å². The summed E-state index contributed by atoms with van der Waals surface area (Å²) in [7, 11) is -1.62. The summed E-state index contributed by atoms with van der Waals surface area (Å²) in [6.45, 7) is 25.7. The van der Waals surface area contributed by atoms with E-state index >= 15 is 0 Å². The Balaban J connectivity index is 1.92. The quantitative estimate of drug-likeness (QED) is 0.0731. The highest BCUT2D eigenvalue weighted by molar-refractivity contribution is 6.88. The van der Waals surface area contributed by atoms with Gasteiger partial charge in [-0.15, -0.1) is 0 Å². The molecule has 0 saturated carbocycles. The average Bonchev–Trinajstić information content (AvgIpc) is 3.30. The molecule has 20 nitrogen and oxygen atoms in total. The first-order valence-corrected chi connectivity index (χ1v) is 28.6. The number of ketones is 1. The number of ether oxygens (including phenoxy) is 12. The molecule has 0 aromatic heterocycles. The summed E-state index contributed by atoms with van der Waals surface area (Å²) in [5.74, 6) is -17.5. The van der Waals surface area contributed by atoms with Crippen molar-refractivity contribution < 1.29 is 95.2 Å². The fourth-order valence-electron chi connectivity index (χ4n) is 7.61. The van der Waals surface area contributed by atoms with Crippen LogP contribution in [-0.2, 0) is 90.5 Å². The van der Waals surface area contributed by atoms with Crippen LogP contribution >= 0.6 is 0 Å². The Morgan fingerprint density at radius 1 is 0.562 bits per heavy atom. The largest absolute Gasteiger partial charge is 0.482 e. The molecule has 6 unspecified atom stereocenters. The number of fused-ring (bicyclic) bond motifs is 2. The molecule has 410 valence electrons. The van der Waals surface area contributed by atoms with Gasteiger partial charge in [0.2, 0.25) is 17.9 Å². The van der Waals surface area contributed by atoms with Crippen molar-refractivity contribution in [2.45, 2.75) is 171 Å². The highest BCUT2D eigenvalue weighted by Crippen LogP contribution is 2.56. The average molecular weight is 1050 g/mol. The van der Waals surface area contributed by atoms with Gasteiger partial charge in [-0.1, -0.05) is 134 Å². The van der Waals surface area contributed by atoms with Gasteiger partial charge in [0.05, 0.1) is 49.5 Å². The van der Waals surface area contributed by atoms with E-state index in [0.29, 0.717) is 5.75 Å². The van der Waals surface area contributed by atoms with Crippen LogP contribution in [0.2, 0.25) is 19.6 Å². The van der Waals surface area contributed by atoms with Gasteiger partial charge in [0.15, 0.2) is 36.8 Å². The standard InChI is InChI=1S/C52H78O20Si/c1-26(2)42(54)52-35(22-62-37(53)24-61-33-18-20-34(21-19-33)73(15,16)17)38(70-52)43(69-49(60)32(13)14)51(72-52,25-64-45(56)28(5)6)71-50-41(68-48(59)31(11)12)40(67-47(58)30(9)10)39(66-46(57)29(7)8)36(65-50)23-63-44(55)27(3)4/h18-21,26-32,35-36,38-41,43,50H,22-25H2,1-17H3/t35-,36?,38?,39-,40?,41?,43?,50-,51-,52?/m1/s1. The van der Waals surface area contributed by atoms with E-state index in [2.05, 4.69) is 19.6 Å². The smallest absolute Gasteiger partial charge is 0.344 e. The second-order valence-corrected chi connectivity index (χ2v) is 27.0. The molecule has 4 heterocycles. The summed E-state index contributed by atoms with van der Waals surface area (Å²) in [5, 5.41) is 1.19. The number of carbonyl (C=O) groups excluding carboxylic acids is 8. The second kappa shape index (κ2) is 25.0. The molecule has 4 aliphatic heterocycles. The molecule has 0 aliphatic carbocycles. The summed E-state index contributed by atoms with van der Waals surface area (Å²) in [6.07, 6.45) is -12.0. The van der Waals surface area contributed by atoms with Crippen molar-refractivity contribution in [1.82, 2.24) is 0 Å². The Morgan fingerprint density at radius 3 is 1.53 bits per heavy atom. The van der Waals surface area contributed by atoms with Crippen LogP contribution < -0.4 is 9.92 Å². The second-order valence-electron chi connectivity index (χ2n) is 21.9. The third-order valence-corrected chi connectivity index (χ3v) is 14.2. The van der Waals surface area contributed by atoms with Gasteiger partial charge < -0.3 is 56.8 Å². The van der Waals surface area contributed by atoms with Crippen molar-refractivity contribution >= 4 is 60.8 Å². The molecule has 1 aromatic rings. The van der Waals surface area contributed by atoms with Crippen LogP contribution in [-0.4, -0.2) is 137 Å². The van der Waals surface area contributed by atoms with Gasteiger partial charge in [0.25, 0.3) is 0 Å². The predicted octanol–water partition coefficient (Wildman–Crippen LogP) is 5.23. The number of carbonyl (C=O) groups is 8. The molecule has 0 spiro atoms. The Hall–Kier alpha value is -4.96. The zero-order chi connectivity index (χ0) is 55.1. The molecule has 73 heavy (non-hydrogen) atoms. The molecule has 0 radical (unpaired) electrons. The van der Waals surface area contributed by atoms with E-state index in [9.17, 15) is 38.4 Å². The van der Waals surface area contributed by atoms with Crippen LogP contribution in [0.25, 0.3) is 0 Å². The lowest BCUT2D eigenvalue weighted by Gasteiger charge is -2.64. The summed E-state index contributed by atoms with van der Waals surface area (Å²) >= 11 is 0. The molecular formula is C52H78O20Si. The molecule has 1 aromatic carbocycles. The predicted molar refractivity (Wildman–Crippen MR) is 261 cm³/mol. The maximum atomic E-state index is 14.6. The van der Waals surface area contributed by atoms with Crippen LogP contribution in [0.15, 0.2) is 24.3 Å². The number of hydrogen-bond acceptors (Lipinski definition) is 20. The van der Waals surface area contributed by atoms with E-state index in [4.69, 9.17) is 56.8 Å². The monoisotopic (exact) mass is 1050 g/mol. The van der Waals surface area contributed by atoms with Gasteiger partial charge in [-0.05, 0) is 12.1 Å². The van der Waals surface area contributed by atoms with Crippen LogP contribution in [0.4, 0.5) is 0 Å². The molecule has 2 bridgehead atoms. The van der Waals surface area contributed by atoms with Gasteiger partial charge in [-0.2, -0.15) is 0 Å². The van der Waals surface area contributed by atoms with Crippen molar-refractivity contribution in [2.75, 3.05) is 26.4 Å². The van der Waals surface area contributed by atoms with E-state index in [1.54, 1.807) is 81.4 Å². The van der Waals surface area contributed by atoms with Gasteiger partial charge in [-0.25, -0.2) is 4.79 Å². The topological polar surface area (TPSA) is 247 Å². The lowest BCUT2D eigenvalue weighted by molar-refractivity contribution is -0.525. The van der Waals surface area contributed by atoms with Gasteiger partial charge in [0, 0.05) is 5.92 Å². The molecule has 10 atom stereocenters. The van der Waals surface area contributed by atoms with E-state index < -0.39 is 184 Å². The Morgan fingerprint density at radius 2 is 1.04 bits per heavy atom.